The monoisotopic (exact) mass is 250 g/mol. The maximum absolute atomic E-state index is 11.9. The van der Waals surface area contributed by atoms with E-state index in [-0.39, 0.29) is 17.5 Å². The van der Waals surface area contributed by atoms with Crippen LogP contribution in [-0.2, 0) is 4.79 Å². The number of anilines is 1. The first kappa shape index (κ1) is 14.2. The molecule has 5 nitrogen and oxygen atoms in total. The number of nitrogens with one attached hydrogen (secondary N) is 1. The van der Waals surface area contributed by atoms with Crippen LogP contribution in [0.15, 0.2) is 18.2 Å². The lowest BCUT2D eigenvalue weighted by molar-refractivity contribution is -0.385. The molecule has 18 heavy (non-hydrogen) atoms. The quantitative estimate of drug-likeness (QED) is 0.643. The Labute approximate surface area is 106 Å². The van der Waals surface area contributed by atoms with Gasteiger partial charge in [-0.1, -0.05) is 26.3 Å². The predicted octanol–water partition coefficient (Wildman–Crippen LogP) is 3.28. The number of nitro groups is 1. The van der Waals surface area contributed by atoms with E-state index in [9.17, 15) is 14.9 Å². The molecule has 1 unspecified atom stereocenters. The molecule has 0 saturated carbocycles. The van der Waals surface area contributed by atoms with Gasteiger partial charge in [0, 0.05) is 12.0 Å². The number of carbonyl (C=O) groups excluding carboxylic acids is 1. The number of nitrogens with zero attached hydrogens (tertiary/aromatic N) is 1. The van der Waals surface area contributed by atoms with Gasteiger partial charge in [0.15, 0.2) is 0 Å². The predicted molar refractivity (Wildman–Crippen MR) is 70.5 cm³/mol. The highest BCUT2D eigenvalue weighted by Gasteiger charge is 2.17. The normalized spacial score (nSPS) is 11.9. The summed E-state index contributed by atoms with van der Waals surface area (Å²) in [6, 6.07) is 4.69. The van der Waals surface area contributed by atoms with Gasteiger partial charge in [-0.05, 0) is 19.4 Å². The Morgan fingerprint density at radius 3 is 2.72 bits per heavy atom. The molecule has 0 aliphatic heterocycles. The van der Waals surface area contributed by atoms with E-state index in [1.807, 2.05) is 13.8 Å². The molecule has 0 aromatic heterocycles. The van der Waals surface area contributed by atoms with Crippen LogP contribution in [0, 0.1) is 23.0 Å². The van der Waals surface area contributed by atoms with Crippen molar-refractivity contribution in [3.8, 4) is 0 Å². The Kier molecular flexibility index (Phi) is 4.83. The Morgan fingerprint density at radius 1 is 1.50 bits per heavy atom. The molecule has 0 aliphatic rings. The summed E-state index contributed by atoms with van der Waals surface area (Å²) >= 11 is 0. The topological polar surface area (TPSA) is 72.2 Å². The molecule has 0 radical (unpaired) electrons. The van der Waals surface area contributed by atoms with Gasteiger partial charge in [0.1, 0.15) is 0 Å². The molecule has 1 aromatic rings. The molecule has 0 aliphatic carbocycles. The fourth-order valence-corrected chi connectivity index (χ4v) is 1.78. The maximum Gasteiger partial charge on any atom is 0.274 e. The third-order valence-electron chi connectivity index (χ3n) is 2.93. The van der Waals surface area contributed by atoms with Crippen molar-refractivity contribution in [3.05, 3.63) is 33.9 Å². The second-order valence-electron chi connectivity index (χ2n) is 4.39. The molecule has 98 valence electrons. The summed E-state index contributed by atoms with van der Waals surface area (Å²) in [5.74, 6) is -0.186. The summed E-state index contributed by atoms with van der Waals surface area (Å²) in [4.78, 5) is 22.2. The van der Waals surface area contributed by atoms with Gasteiger partial charge in [-0.25, -0.2) is 0 Å². The van der Waals surface area contributed by atoms with Crippen molar-refractivity contribution in [1.29, 1.82) is 0 Å². The maximum atomic E-state index is 11.9. The van der Waals surface area contributed by atoms with E-state index in [1.165, 1.54) is 6.07 Å². The number of amides is 1. The highest BCUT2D eigenvalue weighted by molar-refractivity contribution is 5.93. The number of nitro benzene ring substituents is 1. The standard InChI is InChI=1S/C13H18N2O3/c1-4-6-9(2)13(16)14-11-7-5-8-12(10(11)3)15(17)18/h5,7-9H,4,6H2,1-3H3,(H,14,16). The Hall–Kier alpha value is -1.91. The highest BCUT2D eigenvalue weighted by Crippen LogP contribution is 2.25. The van der Waals surface area contributed by atoms with Crippen molar-refractivity contribution in [3.63, 3.8) is 0 Å². The first-order valence-corrected chi connectivity index (χ1v) is 6.02. The lowest BCUT2D eigenvalue weighted by Gasteiger charge is -2.12. The average Bonchev–Trinajstić information content (AvgIpc) is 2.31. The average molecular weight is 250 g/mol. The van der Waals surface area contributed by atoms with Crippen molar-refractivity contribution >= 4 is 17.3 Å². The molecule has 1 amide bonds. The van der Waals surface area contributed by atoms with Crippen LogP contribution in [0.25, 0.3) is 0 Å². The van der Waals surface area contributed by atoms with Crippen molar-refractivity contribution < 1.29 is 9.72 Å². The van der Waals surface area contributed by atoms with Gasteiger partial charge >= 0.3 is 0 Å². The summed E-state index contributed by atoms with van der Waals surface area (Å²) in [5.41, 5.74) is 1.02. The molecule has 0 spiro atoms. The lowest BCUT2D eigenvalue weighted by atomic mass is 10.0. The zero-order valence-electron chi connectivity index (χ0n) is 10.9. The van der Waals surface area contributed by atoms with Gasteiger partial charge in [0.05, 0.1) is 16.2 Å². The van der Waals surface area contributed by atoms with Crippen LogP contribution in [0.5, 0.6) is 0 Å². The van der Waals surface area contributed by atoms with Gasteiger partial charge in [-0.15, -0.1) is 0 Å². The minimum Gasteiger partial charge on any atom is -0.325 e. The Bertz CT molecular complexity index is 458. The molecule has 5 heteroatoms. The zero-order chi connectivity index (χ0) is 13.7. The molecular weight excluding hydrogens is 232 g/mol. The number of carbonyl (C=O) groups is 1. The van der Waals surface area contributed by atoms with E-state index >= 15 is 0 Å². The van der Waals surface area contributed by atoms with E-state index in [0.717, 1.165) is 12.8 Å². The van der Waals surface area contributed by atoms with E-state index in [4.69, 9.17) is 0 Å². The number of hydrogen-bond acceptors (Lipinski definition) is 3. The minimum absolute atomic E-state index is 0.0240. The Balaban J connectivity index is 2.88. The van der Waals surface area contributed by atoms with Crippen LogP contribution in [0.3, 0.4) is 0 Å². The third-order valence-corrected chi connectivity index (χ3v) is 2.93. The fourth-order valence-electron chi connectivity index (χ4n) is 1.78. The van der Waals surface area contributed by atoms with Crippen LogP contribution in [-0.4, -0.2) is 10.8 Å². The van der Waals surface area contributed by atoms with Crippen molar-refractivity contribution in [2.45, 2.75) is 33.6 Å². The van der Waals surface area contributed by atoms with Crippen molar-refractivity contribution in [1.82, 2.24) is 0 Å². The molecule has 0 heterocycles. The van der Waals surface area contributed by atoms with Gasteiger partial charge in [-0.2, -0.15) is 0 Å². The molecule has 0 fully saturated rings. The van der Waals surface area contributed by atoms with E-state index in [2.05, 4.69) is 5.32 Å². The summed E-state index contributed by atoms with van der Waals surface area (Å²) in [5, 5.41) is 13.5. The number of rotatable bonds is 5. The second-order valence-corrected chi connectivity index (χ2v) is 4.39. The zero-order valence-corrected chi connectivity index (χ0v) is 10.9. The molecule has 0 saturated heterocycles. The van der Waals surface area contributed by atoms with E-state index in [1.54, 1.807) is 19.1 Å². The van der Waals surface area contributed by atoms with Gasteiger partial charge in [0.25, 0.3) is 5.69 Å². The molecule has 0 bridgehead atoms. The first-order valence-electron chi connectivity index (χ1n) is 6.02. The molecule has 1 atom stereocenters. The van der Waals surface area contributed by atoms with Crippen LogP contribution in [0.2, 0.25) is 0 Å². The summed E-state index contributed by atoms with van der Waals surface area (Å²) in [6.45, 7) is 5.51. The molecule has 1 rings (SSSR count). The van der Waals surface area contributed by atoms with Gasteiger partial charge in [0.2, 0.25) is 5.91 Å². The number of benzene rings is 1. The smallest absolute Gasteiger partial charge is 0.274 e. The van der Waals surface area contributed by atoms with Crippen LogP contribution in [0.4, 0.5) is 11.4 Å². The van der Waals surface area contributed by atoms with Gasteiger partial charge in [-0.3, -0.25) is 14.9 Å². The largest absolute Gasteiger partial charge is 0.325 e. The molecule has 1 N–H and O–H groups in total. The van der Waals surface area contributed by atoms with E-state index < -0.39 is 4.92 Å². The van der Waals surface area contributed by atoms with E-state index in [0.29, 0.717) is 11.3 Å². The van der Waals surface area contributed by atoms with Gasteiger partial charge < -0.3 is 5.32 Å². The summed E-state index contributed by atoms with van der Waals surface area (Å²) < 4.78 is 0. The molecular formula is C13H18N2O3. The SMILES string of the molecule is CCCC(C)C(=O)Nc1cccc([N+](=O)[O-])c1C. The number of hydrogen-bond donors (Lipinski definition) is 1. The Morgan fingerprint density at radius 2 is 2.17 bits per heavy atom. The van der Waals surface area contributed by atoms with Crippen LogP contribution < -0.4 is 5.32 Å². The van der Waals surface area contributed by atoms with Crippen molar-refractivity contribution in [2.75, 3.05) is 5.32 Å². The lowest BCUT2D eigenvalue weighted by Crippen LogP contribution is -2.20. The van der Waals surface area contributed by atoms with Crippen LogP contribution >= 0.6 is 0 Å². The third kappa shape index (κ3) is 3.29. The highest BCUT2D eigenvalue weighted by atomic mass is 16.6. The van der Waals surface area contributed by atoms with Crippen molar-refractivity contribution in [2.24, 2.45) is 5.92 Å². The second kappa shape index (κ2) is 6.14. The summed E-state index contributed by atoms with van der Waals surface area (Å²) in [7, 11) is 0. The minimum atomic E-state index is -0.444. The summed E-state index contributed by atoms with van der Waals surface area (Å²) in [6.07, 6.45) is 1.74. The first-order chi connectivity index (χ1) is 8.47. The molecule has 1 aromatic carbocycles. The van der Waals surface area contributed by atoms with Crippen LogP contribution in [0.1, 0.15) is 32.3 Å². The fraction of sp³-hybridized carbons (Fsp3) is 0.462.